The topological polar surface area (TPSA) is 35.2 Å². The van der Waals surface area contributed by atoms with Crippen LogP contribution in [-0.2, 0) is 4.74 Å². The number of ether oxygens (including phenoxy) is 1. The average molecular weight is 165 g/mol. The van der Waals surface area contributed by atoms with Crippen LogP contribution in [-0.4, -0.2) is 25.2 Å². The Morgan fingerprint density at radius 2 is 2.18 bits per heavy atom. The molecule has 4 heteroatoms. The Morgan fingerprint density at radius 1 is 1.55 bits per heavy atom. The van der Waals surface area contributed by atoms with Crippen molar-refractivity contribution in [2.24, 2.45) is 11.7 Å². The fourth-order valence-corrected chi connectivity index (χ4v) is 1.44. The first kappa shape index (κ1) is 8.87. The predicted octanol–water partition coefficient (Wildman–Crippen LogP) is 1.00. The van der Waals surface area contributed by atoms with Crippen LogP contribution in [0.4, 0.5) is 8.78 Å². The highest BCUT2D eigenvalue weighted by Crippen LogP contribution is 2.25. The molecule has 2 nitrogen and oxygen atoms in total. The third kappa shape index (κ3) is 1.87. The first-order valence-corrected chi connectivity index (χ1v) is 3.78. The molecule has 1 rings (SSSR count). The zero-order valence-corrected chi connectivity index (χ0v) is 6.47. The molecule has 3 atom stereocenters. The molecule has 0 aromatic rings. The van der Waals surface area contributed by atoms with Crippen molar-refractivity contribution in [2.45, 2.75) is 31.9 Å². The van der Waals surface area contributed by atoms with Crippen LogP contribution in [0.5, 0.6) is 0 Å². The Bertz CT molecular complexity index is 132. The van der Waals surface area contributed by atoms with E-state index in [4.69, 9.17) is 10.5 Å². The summed E-state index contributed by atoms with van der Waals surface area (Å²) in [5, 5.41) is 0. The maximum Gasteiger partial charge on any atom is 0.253 e. The van der Waals surface area contributed by atoms with E-state index in [1.54, 1.807) is 6.92 Å². The standard InChI is InChI=1S/C7H13F2NO/c1-4-5(2-3-11-4)6(10)7(8)9/h4-7H,2-3,10H2,1H3. The number of rotatable bonds is 2. The summed E-state index contributed by atoms with van der Waals surface area (Å²) in [5.41, 5.74) is 5.28. The van der Waals surface area contributed by atoms with E-state index < -0.39 is 12.5 Å². The molecule has 0 radical (unpaired) electrons. The lowest BCUT2D eigenvalue weighted by molar-refractivity contribution is 0.0504. The van der Waals surface area contributed by atoms with Crippen molar-refractivity contribution in [3.8, 4) is 0 Å². The number of halogens is 2. The summed E-state index contributed by atoms with van der Waals surface area (Å²) in [6.45, 7) is 2.35. The lowest BCUT2D eigenvalue weighted by Gasteiger charge is -2.20. The summed E-state index contributed by atoms with van der Waals surface area (Å²) < 4.78 is 29.3. The lowest BCUT2D eigenvalue weighted by atomic mass is 9.95. The molecule has 3 unspecified atom stereocenters. The third-order valence-electron chi connectivity index (χ3n) is 2.22. The van der Waals surface area contributed by atoms with E-state index in [0.29, 0.717) is 13.0 Å². The van der Waals surface area contributed by atoms with E-state index in [1.807, 2.05) is 0 Å². The highest BCUT2D eigenvalue weighted by Gasteiger charge is 2.34. The highest BCUT2D eigenvalue weighted by atomic mass is 19.3. The molecule has 1 aliphatic rings. The molecule has 1 aliphatic heterocycles. The summed E-state index contributed by atoms with van der Waals surface area (Å²) in [6.07, 6.45) is -1.88. The van der Waals surface area contributed by atoms with Gasteiger partial charge >= 0.3 is 0 Å². The zero-order valence-electron chi connectivity index (χ0n) is 6.47. The van der Waals surface area contributed by atoms with Crippen molar-refractivity contribution in [1.29, 1.82) is 0 Å². The van der Waals surface area contributed by atoms with Gasteiger partial charge in [0.15, 0.2) is 0 Å². The second-order valence-corrected chi connectivity index (χ2v) is 2.94. The van der Waals surface area contributed by atoms with Gasteiger partial charge in [-0.3, -0.25) is 0 Å². The second-order valence-electron chi connectivity index (χ2n) is 2.94. The second kappa shape index (κ2) is 3.45. The molecule has 1 fully saturated rings. The van der Waals surface area contributed by atoms with Gasteiger partial charge in [0.05, 0.1) is 12.1 Å². The normalized spacial score (nSPS) is 34.6. The van der Waals surface area contributed by atoms with Crippen LogP contribution in [0.1, 0.15) is 13.3 Å². The molecule has 0 amide bonds. The van der Waals surface area contributed by atoms with Crippen molar-refractivity contribution < 1.29 is 13.5 Å². The summed E-state index contributed by atoms with van der Waals surface area (Å²) in [4.78, 5) is 0. The monoisotopic (exact) mass is 165 g/mol. The van der Waals surface area contributed by atoms with Gasteiger partial charge in [-0.05, 0) is 13.3 Å². The highest BCUT2D eigenvalue weighted by molar-refractivity contribution is 4.83. The van der Waals surface area contributed by atoms with Crippen molar-refractivity contribution in [1.82, 2.24) is 0 Å². The molecule has 11 heavy (non-hydrogen) atoms. The molecular weight excluding hydrogens is 152 g/mol. The number of alkyl halides is 2. The van der Waals surface area contributed by atoms with Gasteiger partial charge in [-0.1, -0.05) is 0 Å². The first-order valence-electron chi connectivity index (χ1n) is 3.78. The molecule has 1 saturated heterocycles. The van der Waals surface area contributed by atoms with Crippen LogP contribution in [0.2, 0.25) is 0 Å². The Labute approximate surface area is 64.7 Å². The SMILES string of the molecule is CC1OCCC1C(N)C(F)F. The Hall–Kier alpha value is -0.220. The maximum absolute atomic E-state index is 12.1. The van der Waals surface area contributed by atoms with Gasteiger partial charge in [-0.15, -0.1) is 0 Å². The van der Waals surface area contributed by atoms with Crippen molar-refractivity contribution >= 4 is 0 Å². The van der Waals surface area contributed by atoms with E-state index >= 15 is 0 Å². The van der Waals surface area contributed by atoms with Crippen LogP contribution in [0, 0.1) is 5.92 Å². The number of nitrogens with two attached hydrogens (primary N) is 1. The molecule has 1 heterocycles. The summed E-state index contributed by atoms with van der Waals surface area (Å²) in [5.74, 6) is -0.171. The zero-order chi connectivity index (χ0) is 8.43. The van der Waals surface area contributed by atoms with Gasteiger partial charge in [0.2, 0.25) is 0 Å². The van der Waals surface area contributed by atoms with Gasteiger partial charge in [0.1, 0.15) is 0 Å². The van der Waals surface area contributed by atoms with Gasteiger partial charge in [-0.25, -0.2) is 8.78 Å². The number of hydrogen-bond acceptors (Lipinski definition) is 2. The molecule has 0 aliphatic carbocycles. The van der Waals surface area contributed by atoms with Crippen LogP contribution in [0.25, 0.3) is 0 Å². The smallest absolute Gasteiger partial charge is 0.253 e. The molecule has 2 N–H and O–H groups in total. The quantitative estimate of drug-likeness (QED) is 0.662. The molecule has 0 aromatic carbocycles. The fourth-order valence-electron chi connectivity index (χ4n) is 1.44. The Morgan fingerprint density at radius 3 is 2.55 bits per heavy atom. The molecular formula is C7H13F2NO. The molecule has 0 aromatic heterocycles. The van der Waals surface area contributed by atoms with E-state index in [9.17, 15) is 8.78 Å². The largest absolute Gasteiger partial charge is 0.378 e. The van der Waals surface area contributed by atoms with Gasteiger partial charge < -0.3 is 10.5 Å². The van der Waals surface area contributed by atoms with Crippen LogP contribution < -0.4 is 5.73 Å². The lowest BCUT2D eigenvalue weighted by Crippen LogP contribution is -2.40. The van der Waals surface area contributed by atoms with Crippen LogP contribution in [0.15, 0.2) is 0 Å². The first-order chi connectivity index (χ1) is 5.13. The Kier molecular flexibility index (Phi) is 2.78. The van der Waals surface area contributed by atoms with Gasteiger partial charge in [-0.2, -0.15) is 0 Å². The van der Waals surface area contributed by atoms with E-state index in [1.165, 1.54) is 0 Å². The molecule has 0 spiro atoms. The van der Waals surface area contributed by atoms with Crippen LogP contribution >= 0.6 is 0 Å². The number of hydrogen-bond donors (Lipinski definition) is 1. The predicted molar refractivity (Wildman–Crippen MR) is 37.5 cm³/mol. The summed E-state index contributed by atoms with van der Waals surface area (Å²) in [6, 6.07) is -1.02. The maximum atomic E-state index is 12.1. The average Bonchev–Trinajstić information content (AvgIpc) is 2.33. The summed E-state index contributed by atoms with van der Waals surface area (Å²) >= 11 is 0. The minimum absolute atomic E-state index is 0.112. The van der Waals surface area contributed by atoms with E-state index in [0.717, 1.165) is 0 Å². The van der Waals surface area contributed by atoms with Crippen LogP contribution in [0.3, 0.4) is 0 Å². The van der Waals surface area contributed by atoms with Crippen molar-refractivity contribution in [3.63, 3.8) is 0 Å². The van der Waals surface area contributed by atoms with Gasteiger partial charge in [0.25, 0.3) is 6.43 Å². The van der Waals surface area contributed by atoms with E-state index in [2.05, 4.69) is 0 Å². The summed E-state index contributed by atoms with van der Waals surface area (Å²) in [7, 11) is 0. The van der Waals surface area contributed by atoms with Gasteiger partial charge in [0, 0.05) is 12.5 Å². The fraction of sp³-hybridized carbons (Fsp3) is 1.00. The van der Waals surface area contributed by atoms with E-state index in [-0.39, 0.29) is 12.0 Å². The van der Waals surface area contributed by atoms with Crippen molar-refractivity contribution in [3.05, 3.63) is 0 Å². The van der Waals surface area contributed by atoms with Crippen molar-refractivity contribution in [2.75, 3.05) is 6.61 Å². The third-order valence-corrected chi connectivity index (χ3v) is 2.22. The minimum Gasteiger partial charge on any atom is -0.378 e. The molecule has 66 valence electrons. The molecule has 0 bridgehead atoms. The molecule has 0 saturated carbocycles. The minimum atomic E-state index is -2.43. The Balaban J connectivity index is 2.45.